The third-order valence-corrected chi connectivity index (χ3v) is 3.60. The van der Waals surface area contributed by atoms with Crippen LogP contribution < -0.4 is 4.90 Å². The molecule has 1 aromatic carbocycles. The van der Waals surface area contributed by atoms with E-state index in [9.17, 15) is 4.79 Å². The molecule has 0 amide bonds. The Morgan fingerprint density at radius 2 is 2.35 bits per heavy atom. The van der Waals surface area contributed by atoms with Crippen LogP contribution in [0.1, 0.15) is 24.0 Å². The van der Waals surface area contributed by atoms with Crippen molar-refractivity contribution in [3.63, 3.8) is 0 Å². The second-order valence-electron chi connectivity index (χ2n) is 5.23. The van der Waals surface area contributed by atoms with E-state index in [1.54, 1.807) is 6.08 Å². The van der Waals surface area contributed by atoms with Gasteiger partial charge < -0.3 is 14.7 Å². The first-order valence-corrected chi connectivity index (χ1v) is 6.90. The molecule has 108 valence electrons. The molecular formula is C16H21NO3. The first kappa shape index (κ1) is 14.6. The van der Waals surface area contributed by atoms with Crippen LogP contribution in [0.4, 0.5) is 5.69 Å². The van der Waals surface area contributed by atoms with Gasteiger partial charge in [0.15, 0.2) is 0 Å². The average Bonchev–Trinajstić information content (AvgIpc) is 2.89. The van der Waals surface area contributed by atoms with Crippen molar-refractivity contribution < 1.29 is 14.6 Å². The van der Waals surface area contributed by atoms with Crippen LogP contribution in [-0.2, 0) is 9.53 Å². The van der Waals surface area contributed by atoms with Crippen molar-refractivity contribution in [3.05, 3.63) is 35.4 Å². The SMILES string of the molecule is Cc1cc(N(C)CC2CCCO2)ccc1C=CC(=O)O. The Bertz CT molecular complexity index is 504. The van der Waals surface area contributed by atoms with Gasteiger partial charge in [-0.1, -0.05) is 6.07 Å². The molecular weight excluding hydrogens is 254 g/mol. The van der Waals surface area contributed by atoms with Crippen LogP contribution in [0.2, 0.25) is 0 Å². The fourth-order valence-electron chi connectivity index (χ4n) is 2.44. The van der Waals surface area contributed by atoms with Gasteiger partial charge in [0, 0.05) is 32.0 Å². The van der Waals surface area contributed by atoms with Gasteiger partial charge in [-0.2, -0.15) is 0 Å². The number of likely N-dealkylation sites (N-methyl/N-ethyl adjacent to an activating group) is 1. The van der Waals surface area contributed by atoms with Crippen molar-refractivity contribution in [3.8, 4) is 0 Å². The fourth-order valence-corrected chi connectivity index (χ4v) is 2.44. The molecule has 1 saturated heterocycles. The summed E-state index contributed by atoms with van der Waals surface area (Å²) < 4.78 is 5.65. The van der Waals surface area contributed by atoms with E-state index in [0.29, 0.717) is 6.10 Å². The maximum atomic E-state index is 10.5. The highest BCUT2D eigenvalue weighted by Gasteiger charge is 2.17. The fraction of sp³-hybridized carbons (Fsp3) is 0.438. The number of ether oxygens (including phenoxy) is 1. The smallest absolute Gasteiger partial charge is 0.328 e. The second-order valence-corrected chi connectivity index (χ2v) is 5.23. The van der Waals surface area contributed by atoms with E-state index in [4.69, 9.17) is 9.84 Å². The molecule has 1 fully saturated rings. The lowest BCUT2D eigenvalue weighted by Gasteiger charge is -2.23. The summed E-state index contributed by atoms with van der Waals surface area (Å²) >= 11 is 0. The summed E-state index contributed by atoms with van der Waals surface area (Å²) in [6.07, 6.45) is 5.39. The largest absolute Gasteiger partial charge is 0.478 e. The molecule has 0 aromatic heterocycles. The lowest BCUT2D eigenvalue weighted by molar-refractivity contribution is -0.131. The minimum atomic E-state index is -0.927. The van der Waals surface area contributed by atoms with Crippen molar-refractivity contribution in [1.29, 1.82) is 0 Å². The van der Waals surface area contributed by atoms with Crippen molar-refractivity contribution in [1.82, 2.24) is 0 Å². The van der Waals surface area contributed by atoms with Crippen LogP contribution in [0.15, 0.2) is 24.3 Å². The molecule has 0 aliphatic carbocycles. The van der Waals surface area contributed by atoms with E-state index in [1.807, 2.05) is 19.1 Å². The zero-order valence-corrected chi connectivity index (χ0v) is 12.0. The minimum Gasteiger partial charge on any atom is -0.478 e. The van der Waals surface area contributed by atoms with Crippen LogP contribution in [0, 0.1) is 6.92 Å². The zero-order valence-electron chi connectivity index (χ0n) is 12.0. The van der Waals surface area contributed by atoms with Gasteiger partial charge in [-0.25, -0.2) is 4.79 Å². The summed E-state index contributed by atoms with van der Waals surface area (Å²) in [5.41, 5.74) is 3.13. The summed E-state index contributed by atoms with van der Waals surface area (Å²) in [5, 5.41) is 8.66. The van der Waals surface area contributed by atoms with Gasteiger partial charge in [0.25, 0.3) is 0 Å². The first-order chi connectivity index (χ1) is 9.56. The number of carboxylic acid groups (broad SMARTS) is 1. The molecule has 20 heavy (non-hydrogen) atoms. The van der Waals surface area contributed by atoms with Crippen LogP contribution in [0.5, 0.6) is 0 Å². The molecule has 1 N–H and O–H groups in total. The van der Waals surface area contributed by atoms with Crippen molar-refractivity contribution in [2.45, 2.75) is 25.9 Å². The highest BCUT2D eigenvalue weighted by Crippen LogP contribution is 2.21. The highest BCUT2D eigenvalue weighted by atomic mass is 16.5. The first-order valence-electron chi connectivity index (χ1n) is 6.90. The number of rotatable bonds is 5. The van der Waals surface area contributed by atoms with Crippen molar-refractivity contribution in [2.24, 2.45) is 0 Å². The highest BCUT2D eigenvalue weighted by molar-refractivity contribution is 5.85. The Balaban J connectivity index is 2.05. The Labute approximate surface area is 119 Å². The molecule has 1 aliphatic rings. The molecule has 4 nitrogen and oxygen atoms in total. The molecule has 1 aromatic rings. The number of aliphatic carboxylic acids is 1. The van der Waals surface area contributed by atoms with E-state index in [1.165, 1.54) is 0 Å². The third kappa shape index (κ3) is 3.84. The minimum absolute atomic E-state index is 0.326. The van der Waals surface area contributed by atoms with Crippen molar-refractivity contribution in [2.75, 3.05) is 25.1 Å². The van der Waals surface area contributed by atoms with Crippen LogP contribution in [-0.4, -0.2) is 37.4 Å². The topological polar surface area (TPSA) is 49.8 Å². The Morgan fingerprint density at radius 3 is 2.95 bits per heavy atom. The van der Waals surface area contributed by atoms with Gasteiger partial charge in [-0.3, -0.25) is 0 Å². The number of anilines is 1. The van der Waals surface area contributed by atoms with Gasteiger partial charge in [0.1, 0.15) is 0 Å². The maximum absolute atomic E-state index is 10.5. The standard InChI is InChI=1S/C16H21NO3/c1-12-10-14(7-5-13(12)6-8-16(18)19)17(2)11-15-4-3-9-20-15/h5-8,10,15H,3-4,9,11H2,1-2H3,(H,18,19). The lowest BCUT2D eigenvalue weighted by atomic mass is 10.1. The summed E-state index contributed by atoms with van der Waals surface area (Å²) in [5.74, 6) is -0.927. The third-order valence-electron chi connectivity index (χ3n) is 3.60. The predicted molar refractivity (Wildman–Crippen MR) is 80.1 cm³/mol. The Kier molecular flexibility index (Phi) is 4.79. The number of hydrogen-bond acceptors (Lipinski definition) is 3. The van der Waals surface area contributed by atoms with Crippen molar-refractivity contribution >= 4 is 17.7 Å². The van der Waals surface area contributed by atoms with E-state index >= 15 is 0 Å². The number of benzene rings is 1. The maximum Gasteiger partial charge on any atom is 0.328 e. The molecule has 4 heteroatoms. The average molecular weight is 275 g/mol. The lowest BCUT2D eigenvalue weighted by Crippen LogP contribution is -2.28. The number of hydrogen-bond donors (Lipinski definition) is 1. The summed E-state index contributed by atoms with van der Waals surface area (Å²) in [6, 6.07) is 6.05. The monoisotopic (exact) mass is 275 g/mol. The molecule has 1 unspecified atom stereocenters. The van der Waals surface area contributed by atoms with Crippen LogP contribution in [0.25, 0.3) is 6.08 Å². The normalized spacial score (nSPS) is 18.6. The molecule has 0 saturated carbocycles. The summed E-state index contributed by atoms with van der Waals surface area (Å²) in [4.78, 5) is 12.7. The van der Waals surface area contributed by atoms with Gasteiger partial charge in [0.05, 0.1) is 6.10 Å². The summed E-state index contributed by atoms with van der Waals surface area (Å²) in [6.45, 7) is 3.76. The quantitative estimate of drug-likeness (QED) is 0.839. The van der Waals surface area contributed by atoms with Crippen LogP contribution in [0.3, 0.4) is 0 Å². The van der Waals surface area contributed by atoms with E-state index in [0.717, 1.165) is 48.9 Å². The van der Waals surface area contributed by atoms with E-state index in [-0.39, 0.29) is 0 Å². The molecule has 1 aliphatic heterocycles. The van der Waals surface area contributed by atoms with Gasteiger partial charge >= 0.3 is 5.97 Å². The van der Waals surface area contributed by atoms with Gasteiger partial charge in [-0.15, -0.1) is 0 Å². The van der Waals surface area contributed by atoms with Gasteiger partial charge in [-0.05, 0) is 49.1 Å². The number of nitrogens with zero attached hydrogens (tertiary/aromatic N) is 1. The Hall–Kier alpha value is -1.81. The molecule has 0 bridgehead atoms. The van der Waals surface area contributed by atoms with Gasteiger partial charge in [0.2, 0.25) is 0 Å². The number of carboxylic acids is 1. The van der Waals surface area contributed by atoms with Crippen LogP contribution >= 0.6 is 0 Å². The Morgan fingerprint density at radius 1 is 1.55 bits per heavy atom. The molecule has 0 spiro atoms. The van der Waals surface area contributed by atoms with E-state index < -0.39 is 5.97 Å². The molecule has 1 atom stereocenters. The van der Waals surface area contributed by atoms with E-state index in [2.05, 4.69) is 18.0 Å². The summed E-state index contributed by atoms with van der Waals surface area (Å²) in [7, 11) is 2.06. The predicted octanol–water partition coefficient (Wildman–Crippen LogP) is 2.71. The molecule has 1 heterocycles. The zero-order chi connectivity index (χ0) is 14.5. The molecule has 2 rings (SSSR count). The number of aryl methyl sites for hydroxylation is 1. The number of carbonyl (C=O) groups is 1. The second kappa shape index (κ2) is 6.57. The molecule has 0 radical (unpaired) electrons.